The maximum Gasteiger partial charge on any atom is 0.277 e. The van der Waals surface area contributed by atoms with Gasteiger partial charge in [-0.15, -0.1) is 0 Å². The topological polar surface area (TPSA) is 102 Å². The Morgan fingerprint density at radius 2 is 1.77 bits per heavy atom. The second-order valence-corrected chi connectivity index (χ2v) is 11.8. The SMILES string of the molecule is CCCCc1nc(O)c(S(=O)(=O)c2ccc(-c3ccnc(F)c3C)cc2)c(=O)n1C(c1ccccc1)C1CC1. The first-order valence-electron chi connectivity index (χ1n) is 13.1. The first-order valence-corrected chi connectivity index (χ1v) is 14.6. The van der Waals surface area contributed by atoms with Crippen LogP contribution in [0.4, 0.5) is 4.39 Å². The van der Waals surface area contributed by atoms with E-state index in [4.69, 9.17) is 0 Å². The van der Waals surface area contributed by atoms with Gasteiger partial charge in [-0.05, 0) is 67.0 Å². The van der Waals surface area contributed by atoms with Crippen molar-refractivity contribution in [3.8, 4) is 17.0 Å². The van der Waals surface area contributed by atoms with Crippen LogP contribution in [0.15, 0.2) is 81.4 Å². The lowest BCUT2D eigenvalue weighted by molar-refractivity contribution is 0.399. The minimum Gasteiger partial charge on any atom is -0.492 e. The van der Waals surface area contributed by atoms with Crippen molar-refractivity contribution in [2.24, 2.45) is 5.92 Å². The van der Waals surface area contributed by atoms with Crippen LogP contribution in [0.25, 0.3) is 11.1 Å². The van der Waals surface area contributed by atoms with Crippen molar-refractivity contribution in [1.82, 2.24) is 14.5 Å². The minimum absolute atomic E-state index is 0.164. The molecule has 0 aliphatic heterocycles. The molecule has 1 fully saturated rings. The predicted octanol–water partition coefficient (Wildman–Crippen LogP) is 5.63. The van der Waals surface area contributed by atoms with E-state index in [2.05, 4.69) is 9.97 Å². The fraction of sp³-hybridized carbons (Fsp3) is 0.300. The van der Waals surface area contributed by atoms with E-state index in [0.29, 0.717) is 28.9 Å². The van der Waals surface area contributed by atoms with Gasteiger partial charge in [-0.3, -0.25) is 9.36 Å². The molecule has 2 aromatic carbocycles. The van der Waals surface area contributed by atoms with Gasteiger partial charge in [0.1, 0.15) is 5.82 Å². The van der Waals surface area contributed by atoms with Crippen molar-refractivity contribution in [3.05, 3.63) is 100 Å². The number of halogens is 1. The van der Waals surface area contributed by atoms with Gasteiger partial charge in [-0.2, -0.15) is 9.37 Å². The molecule has 2 aromatic heterocycles. The van der Waals surface area contributed by atoms with Crippen LogP contribution >= 0.6 is 0 Å². The van der Waals surface area contributed by atoms with Crippen molar-refractivity contribution < 1.29 is 17.9 Å². The molecule has 2 heterocycles. The number of aryl methyl sites for hydroxylation is 1. The molecule has 1 saturated carbocycles. The molecule has 0 saturated heterocycles. The molecular weight excluding hydrogens is 517 g/mol. The van der Waals surface area contributed by atoms with Crippen molar-refractivity contribution >= 4 is 9.84 Å². The summed E-state index contributed by atoms with van der Waals surface area (Å²) in [6.07, 6.45) is 5.20. The molecule has 1 aliphatic rings. The average molecular weight is 548 g/mol. The average Bonchev–Trinajstić information content (AvgIpc) is 3.76. The van der Waals surface area contributed by atoms with Gasteiger partial charge in [0.05, 0.1) is 10.9 Å². The largest absolute Gasteiger partial charge is 0.492 e. The number of rotatable bonds is 9. The highest BCUT2D eigenvalue weighted by Gasteiger charge is 2.38. The zero-order chi connectivity index (χ0) is 27.7. The van der Waals surface area contributed by atoms with E-state index in [1.54, 1.807) is 25.1 Å². The minimum atomic E-state index is -4.43. The van der Waals surface area contributed by atoms with Gasteiger partial charge < -0.3 is 5.11 Å². The Morgan fingerprint density at radius 1 is 1.08 bits per heavy atom. The lowest BCUT2D eigenvalue weighted by atomic mass is 10.0. The zero-order valence-electron chi connectivity index (χ0n) is 21.8. The van der Waals surface area contributed by atoms with Crippen LogP contribution in [0.3, 0.4) is 0 Å². The molecule has 39 heavy (non-hydrogen) atoms. The fourth-order valence-corrected chi connectivity index (χ4v) is 6.38. The summed E-state index contributed by atoms with van der Waals surface area (Å²) in [5.41, 5.74) is 1.65. The monoisotopic (exact) mass is 547 g/mol. The third kappa shape index (κ3) is 5.11. The molecule has 4 aromatic rings. The third-order valence-electron chi connectivity index (χ3n) is 7.26. The predicted molar refractivity (Wildman–Crippen MR) is 146 cm³/mol. The van der Waals surface area contributed by atoms with Crippen molar-refractivity contribution in [2.45, 2.75) is 61.8 Å². The number of unbranched alkanes of at least 4 members (excludes halogenated alkanes) is 1. The Morgan fingerprint density at radius 3 is 2.41 bits per heavy atom. The Balaban J connectivity index is 1.64. The van der Waals surface area contributed by atoms with Gasteiger partial charge in [0, 0.05) is 18.2 Å². The molecule has 1 unspecified atom stereocenters. The quantitative estimate of drug-likeness (QED) is 0.272. The number of aromatic hydroxyl groups is 1. The summed E-state index contributed by atoms with van der Waals surface area (Å²) in [7, 11) is -4.43. The molecule has 1 N–H and O–H groups in total. The summed E-state index contributed by atoms with van der Waals surface area (Å²) in [5.74, 6) is -0.839. The first-order chi connectivity index (χ1) is 18.7. The van der Waals surface area contributed by atoms with Crippen LogP contribution in [-0.4, -0.2) is 28.1 Å². The van der Waals surface area contributed by atoms with Gasteiger partial charge in [0.15, 0.2) is 4.90 Å². The second kappa shape index (κ2) is 10.7. The summed E-state index contributed by atoms with van der Waals surface area (Å²) >= 11 is 0. The third-order valence-corrected chi connectivity index (χ3v) is 9.05. The Kier molecular flexibility index (Phi) is 7.36. The number of hydrogen-bond donors (Lipinski definition) is 1. The van der Waals surface area contributed by atoms with Crippen LogP contribution in [-0.2, 0) is 16.3 Å². The normalized spacial score (nSPS) is 14.3. The number of benzene rings is 2. The molecular formula is C30H30FN3O4S. The summed E-state index contributed by atoms with van der Waals surface area (Å²) < 4.78 is 43.0. The second-order valence-electron chi connectivity index (χ2n) is 9.95. The van der Waals surface area contributed by atoms with Crippen LogP contribution in [0, 0.1) is 18.8 Å². The molecule has 5 rings (SSSR count). The van der Waals surface area contributed by atoms with Gasteiger partial charge >= 0.3 is 0 Å². The molecule has 7 nitrogen and oxygen atoms in total. The van der Waals surface area contributed by atoms with Crippen LogP contribution < -0.4 is 5.56 Å². The lowest BCUT2D eigenvalue weighted by Crippen LogP contribution is -2.34. The fourth-order valence-electron chi connectivity index (χ4n) is 5.03. The van der Waals surface area contributed by atoms with Crippen molar-refractivity contribution in [1.29, 1.82) is 0 Å². The van der Waals surface area contributed by atoms with E-state index in [-0.39, 0.29) is 16.9 Å². The highest BCUT2D eigenvalue weighted by Crippen LogP contribution is 2.44. The molecule has 0 bridgehead atoms. The lowest BCUT2D eigenvalue weighted by Gasteiger charge is -2.24. The van der Waals surface area contributed by atoms with Gasteiger partial charge in [-0.25, -0.2) is 13.4 Å². The molecule has 0 spiro atoms. The molecule has 9 heteroatoms. The molecule has 1 atom stereocenters. The van der Waals surface area contributed by atoms with E-state index in [1.807, 2.05) is 37.3 Å². The summed E-state index contributed by atoms with van der Waals surface area (Å²) in [5, 5.41) is 10.8. The van der Waals surface area contributed by atoms with E-state index < -0.39 is 32.1 Å². The van der Waals surface area contributed by atoms with Crippen molar-refractivity contribution in [2.75, 3.05) is 0 Å². The van der Waals surface area contributed by atoms with Crippen LogP contribution in [0.1, 0.15) is 55.6 Å². The molecule has 202 valence electrons. The first kappa shape index (κ1) is 26.7. The molecule has 1 aliphatic carbocycles. The summed E-state index contributed by atoms with van der Waals surface area (Å²) in [4.78, 5) is 21.1. The number of pyridine rings is 1. The molecule has 0 radical (unpaired) electrons. The highest BCUT2D eigenvalue weighted by molar-refractivity contribution is 7.91. The maximum atomic E-state index is 14.0. The number of hydrogen-bond acceptors (Lipinski definition) is 6. The molecule has 0 amide bonds. The Bertz CT molecular complexity index is 1670. The maximum absolute atomic E-state index is 14.0. The highest BCUT2D eigenvalue weighted by atomic mass is 32.2. The van der Waals surface area contributed by atoms with E-state index in [9.17, 15) is 22.7 Å². The zero-order valence-corrected chi connectivity index (χ0v) is 22.7. The van der Waals surface area contributed by atoms with Gasteiger partial charge in [-0.1, -0.05) is 55.8 Å². The summed E-state index contributed by atoms with van der Waals surface area (Å²) in [6.45, 7) is 3.61. The van der Waals surface area contributed by atoms with E-state index in [0.717, 1.165) is 31.2 Å². The van der Waals surface area contributed by atoms with Gasteiger partial charge in [0.25, 0.3) is 5.56 Å². The Hall–Kier alpha value is -3.85. The number of sulfone groups is 1. The van der Waals surface area contributed by atoms with Crippen LogP contribution in [0.5, 0.6) is 5.88 Å². The van der Waals surface area contributed by atoms with E-state index in [1.165, 1.54) is 22.9 Å². The Labute approximate surface area is 226 Å². The standard InChI is InChI=1S/C30H30FN3O4S/c1-3-4-10-25-33-29(35)27(30(36)34(25)26(22-11-12-22)21-8-6-5-7-9-21)39(37,38)23-15-13-20(14-16-23)24-17-18-32-28(31)19(24)2/h5-9,13-18,22,26,35H,3-4,10-12H2,1-2H3. The van der Waals surface area contributed by atoms with E-state index >= 15 is 0 Å². The van der Waals surface area contributed by atoms with Crippen molar-refractivity contribution in [3.63, 3.8) is 0 Å². The number of nitrogens with zero attached hydrogens (tertiary/aromatic N) is 3. The number of aromatic nitrogens is 3. The summed E-state index contributed by atoms with van der Waals surface area (Å²) in [6, 6.07) is 16.6. The van der Waals surface area contributed by atoms with Gasteiger partial charge in [0.2, 0.25) is 21.7 Å². The van der Waals surface area contributed by atoms with Crippen LogP contribution in [0.2, 0.25) is 0 Å². The smallest absolute Gasteiger partial charge is 0.277 e.